The number of carbonyl (C=O) groups is 2. The lowest BCUT2D eigenvalue weighted by Crippen LogP contribution is -2.40. The molecule has 0 fully saturated rings. The Morgan fingerprint density at radius 2 is 1.97 bits per heavy atom. The fourth-order valence-electron chi connectivity index (χ4n) is 5.46. The summed E-state index contributed by atoms with van der Waals surface area (Å²) in [6.45, 7) is 4.19. The van der Waals surface area contributed by atoms with Crippen molar-refractivity contribution in [2.24, 2.45) is 12.8 Å². The number of carbonyl (C=O) groups excluding carboxylic acids is 2. The van der Waals surface area contributed by atoms with E-state index in [1.165, 1.54) is 17.7 Å². The zero-order chi connectivity index (χ0) is 25.7. The molecule has 0 spiro atoms. The van der Waals surface area contributed by atoms with Gasteiger partial charge in [0.25, 0.3) is 11.8 Å². The number of rotatable bonds is 6. The lowest BCUT2D eigenvalue weighted by atomic mass is 9.99. The van der Waals surface area contributed by atoms with Crippen molar-refractivity contribution < 1.29 is 9.59 Å². The molecule has 9 nitrogen and oxygen atoms in total. The summed E-state index contributed by atoms with van der Waals surface area (Å²) in [5.74, 6) is -0.0681. The molecule has 1 aromatic carbocycles. The second kappa shape index (κ2) is 8.92. The first kappa shape index (κ1) is 23.0. The predicted molar refractivity (Wildman–Crippen MR) is 141 cm³/mol. The number of anilines is 2. The number of hydrogen-bond donors (Lipinski definition) is 2. The van der Waals surface area contributed by atoms with Crippen LogP contribution < -0.4 is 11.1 Å². The predicted octanol–water partition coefficient (Wildman–Crippen LogP) is 3.58. The summed E-state index contributed by atoms with van der Waals surface area (Å²) in [6.07, 6.45) is 8.51. The molecule has 4 aromatic rings. The van der Waals surface area contributed by atoms with Crippen LogP contribution in [0.25, 0.3) is 11.1 Å². The molecule has 188 valence electrons. The molecule has 1 aliphatic carbocycles. The maximum Gasteiger partial charge on any atom is 0.270 e. The van der Waals surface area contributed by atoms with E-state index in [2.05, 4.69) is 38.2 Å². The van der Waals surface area contributed by atoms with E-state index in [4.69, 9.17) is 5.73 Å². The van der Waals surface area contributed by atoms with Crippen LogP contribution in [0.1, 0.15) is 49.7 Å². The second-order valence-electron chi connectivity index (χ2n) is 9.89. The van der Waals surface area contributed by atoms with Crippen molar-refractivity contribution in [3.05, 3.63) is 82.6 Å². The first-order chi connectivity index (χ1) is 17.9. The van der Waals surface area contributed by atoms with Gasteiger partial charge in [0.2, 0.25) is 0 Å². The highest BCUT2D eigenvalue weighted by Gasteiger charge is 2.30. The molecule has 37 heavy (non-hydrogen) atoms. The van der Waals surface area contributed by atoms with Gasteiger partial charge in [-0.05, 0) is 60.6 Å². The molecule has 0 bridgehead atoms. The molecule has 0 atom stereocenters. The quantitative estimate of drug-likeness (QED) is 0.425. The van der Waals surface area contributed by atoms with Gasteiger partial charge >= 0.3 is 0 Å². The molecule has 2 aliphatic rings. The van der Waals surface area contributed by atoms with Gasteiger partial charge in [0, 0.05) is 50.3 Å². The van der Waals surface area contributed by atoms with Crippen molar-refractivity contribution in [2.75, 3.05) is 11.9 Å². The number of aromatic nitrogens is 4. The van der Waals surface area contributed by atoms with Crippen LogP contribution in [-0.4, -0.2) is 42.6 Å². The van der Waals surface area contributed by atoms with Crippen molar-refractivity contribution in [1.82, 2.24) is 24.2 Å². The third-order valence-electron chi connectivity index (χ3n) is 7.42. The van der Waals surface area contributed by atoms with Gasteiger partial charge in [0.05, 0.1) is 17.4 Å². The minimum atomic E-state index is -0.562. The Labute approximate surface area is 214 Å². The first-order valence-electron chi connectivity index (χ1n) is 12.5. The molecule has 9 heteroatoms. The molecular formula is C28H29N7O2. The average Bonchev–Trinajstić information content (AvgIpc) is 3.59. The summed E-state index contributed by atoms with van der Waals surface area (Å²) in [4.78, 5) is 31.8. The van der Waals surface area contributed by atoms with Crippen LogP contribution in [-0.2, 0) is 33.0 Å². The lowest BCUT2D eigenvalue weighted by molar-refractivity contribution is 0.0689. The molecule has 4 heterocycles. The lowest BCUT2D eigenvalue weighted by Gasteiger charge is -2.30. The SMILES string of the molecule is Cc1cc(-c2cnc(Nc3cnn(C)c3)c(C(N)=O)c2)ccc1CN1CCn2c(cc3c2CCC3)C1=O. The molecule has 6 rings (SSSR count). The number of aryl methyl sites for hydroxylation is 3. The van der Waals surface area contributed by atoms with Gasteiger partial charge in [-0.15, -0.1) is 0 Å². The van der Waals surface area contributed by atoms with E-state index in [9.17, 15) is 9.59 Å². The first-order valence-corrected chi connectivity index (χ1v) is 12.5. The number of hydrogen-bond acceptors (Lipinski definition) is 5. The number of fused-ring (bicyclic) bond motifs is 3. The summed E-state index contributed by atoms with van der Waals surface area (Å²) in [5, 5.41) is 7.23. The minimum absolute atomic E-state index is 0.108. The molecule has 0 saturated carbocycles. The third-order valence-corrected chi connectivity index (χ3v) is 7.42. The van der Waals surface area contributed by atoms with Crippen LogP contribution in [0.15, 0.2) is 48.9 Å². The highest BCUT2D eigenvalue weighted by atomic mass is 16.2. The number of nitrogens with zero attached hydrogens (tertiary/aromatic N) is 5. The Hall–Kier alpha value is -4.40. The molecule has 1 aliphatic heterocycles. The van der Waals surface area contributed by atoms with Crippen molar-refractivity contribution >= 4 is 23.3 Å². The van der Waals surface area contributed by atoms with E-state index >= 15 is 0 Å². The van der Waals surface area contributed by atoms with Gasteiger partial charge in [0.15, 0.2) is 0 Å². The topological polar surface area (TPSA) is 111 Å². The van der Waals surface area contributed by atoms with Gasteiger partial charge in [-0.1, -0.05) is 18.2 Å². The minimum Gasteiger partial charge on any atom is -0.365 e. The van der Waals surface area contributed by atoms with E-state index in [1.54, 1.807) is 29.3 Å². The van der Waals surface area contributed by atoms with Gasteiger partial charge in [-0.2, -0.15) is 5.10 Å². The van der Waals surface area contributed by atoms with Crippen molar-refractivity contribution in [2.45, 2.75) is 39.3 Å². The maximum atomic E-state index is 13.2. The number of amides is 2. The second-order valence-corrected chi connectivity index (χ2v) is 9.89. The van der Waals surface area contributed by atoms with Crippen molar-refractivity contribution in [3.8, 4) is 11.1 Å². The zero-order valence-corrected chi connectivity index (χ0v) is 21.0. The smallest absolute Gasteiger partial charge is 0.270 e. The summed E-state index contributed by atoms with van der Waals surface area (Å²) >= 11 is 0. The Kier molecular flexibility index (Phi) is 5.55. The molecular weight excluding hydrogens is 466 g/mol. The summed E-state index contributed by atoms with van der Waals surface area (Å²) in [7, 11) is 1.81. The zero-order valence-electron chi connectivity index (χ0n) is 21.0. The largest absolute Gasteiger partial charge is 0.365 e. The number of nitrogens with one attached hydrogen (secondary N) is 1. The fraction of sp³-hybridized carbons (Fsp3) is 0.286. The standard InChI is InChI=1S/C28H29N7O2/c1-17-10-18(21-11-23(26(29)36)27(30-13-21)32-22-14-31-33(2)16-22)6-7-20(17)15-34-8-9-35-24-5-3-4-19(24)12-25(35)28(34)37/h6-7,10-14,16H,3-5,8-9,15H2,1-2H3,(H2,29,36)(H,30,32). The molecule has 0 radical (unpaired) electrons. The molecule has 2 amide bonds. The Morgan fingerprint density at radius 3 is 2.73 bits per heavy atom. The van der Waals surface area contributed by atoms with Crippen molar-refractivity contribution in [1.29, 1.82) is 0 Å². The summed E-state index contributed by atoms with van der Waals surface area (Å²) in [5.41, 5.74) is 14.1. The number of primary amides is 1. The Morgan fingerprint density at radius 1 is 1.11 bits per heavy atom. The van der Waals surface area contributed by atoms with Gasteiger partial charge < -0.3 is 20.5 Å². The van der Waals surface area contributed by atoms with Gasteiger partial charge in [0.1, 0.15) is 11.5 Å². The normalized spacial score (nSPS) is 14.5. The van der Waals surface area contributed by atoms with E-state index in [0.29, 0.717) is 24.5 Å². The van der Waals surface area contributed by atoms with Crippen LogP contribution >= 0.6 is 0 Å². The summed E-state index contributed by atoms with van der Waals surface area (Å²) in [6, 6.07) is 9.98. The Balaban J connectivity index is 1.22. The molecule has 0 unspecified atom stereocenters. The van der Waals surface area contributed by atoms with Crippen LogP contribution in [0.5, 0.6) is 0 Å². The van der Waals surface area contributed by atoms with E-state index in [0.717, 1.165) is 53.0 Å². The molecule has 0 saturated heterocycles. The van der Waals surface area contributed by atoms with E-state index in [1.807, 2.05) is 24.9 Å². The maximum absolute atomic E-state index is 13.2. The van der Waals surface area contributed by atoms with Crippen LogP contribution in [0.3, 0.4) is 0 Å². The van der Waals surface area contributed by atoms with Crippen LogP contribution in [0, 0.1) is 6.92 Å². The highest BCUT2D eigenvalue weighted by Crippen LogP contribution is 2.30. The van der Waals surface area contributed by atoms with Gasteiger partial charge in [-0.3, -0.25) is 14.3 Å². The van der Waals surface area contributed by atoms with E-state index < -0.39 is 5.91 Å². The highest BCUT2D eigenvalue weighted by molar-refractivity contribution is 5.99. The molecule has 3 aromatic heterocycles. The van der Waals surface area contributed by atoms with Crippen molar-refractivity contribution in [3.63, 3.8) is 0 Å². The third kappa shape index (κ3) is 4.16. The molecule has 3 N–H and O–H groups in total. The number of benzene rings is 1. The number of pyridine rings is 1. The number of nitrogens with two attached hydrogens (primary N) is 1. The fourth-order valence-corrected chi connectivity index (χ4v) is 5.46. The van der Waals surface area contributed by atoms with Gasteiger partial charge in [-0.25, -0.2) is 4.98 Å². The van der Waals surface area contributed by atoms with Crippen LogP contribution in [0.4, 0.5) is 11.5 Å². The van der Waals surface area contributed by atoms with E-state index in [-0.39, 0.29) is 5.91 Å². The Bertz CT molecular complexity index is 1550. The van der Waals surface area contributed by atoms with Crippen LogP contribution in [0.2, 0.25) is 0 Å². The summed E-state index contributed by atoms with van der Waals surface area (Å²) < 4.78 is 3.89. The average molecular weight is 496 g/mol. The monoisotopic (exact) mass is 495 g/mol.